The molecule has 0 aromatic heterocycles. The van der Waals surface area contributed by atoms with Crippen LogP contribution in [0.25, 0.3) is 0 Å². The minimum Gasteiger partial charge on any atom is -0.496 e. The van der Waals surface area contributed by atoms with Gasteiger partial charge in [0.25, 0.3) is 0 Å². The fraction of sp³-hybridized carbons (Fsp3) is 0.250. The molecule has 0 radical (unpaired) electrons. The van der Waals surface area contributed by atoms with Crippen LogP contribution in [0.1, 0.15) is 18.1 Å². The third kappa shape index (κ3) is 3.19. The van der Waals surface area contributed by atoms with Gasteiger partial charge in [0, 0.05) is 17.3 Å². The van der Waals surface area contributed by atoms with Gasteiger partial charge in [0.05, 0.1) is 7.11 Å². The van der Waals surface area contributed by atoms with Crippen LogP contribution in [0.5, 0.6) is 11.5 Å². The lowest BCUT2D eigenvalue weighted by atomic mass is 10.1. The number of methoxy groups -OCH3 is 1. The molecule has 2 rings (SSSR count). The molecule has 3 nitrogen and oxygen atoms in total. The molecular formula is C16H19NO2. The van der Waals surface area contributed by atoms with Crippen molar-refractivity contribution in [3.63, 3.8) is 0 Å². The minimum absolute atomic E-state index is 0.473. The first kappa shape index (κ1) is 13.3. The third-order valence-corrected chi connectivity index (χ3v) is 3.05. The number of rotatable bonds is 5. The minimum atomic E-state index is 0.473. The predicted molar refractivity (Wildman–Crippen MR) is 77.6 cm³/mol. The van der Waals surface area contributed by atoms with Crippen molar-refractivity contribution in [2.24, 2.45) is 0 Å². The number of ether oxygens (including phenoxy) is 2. The maximum absolute atomic E-state index is 5.88. The van der Waals surface area contributed by atoms with E-state index in [0.717, 1.165) is 23.5 Å². The molecule has 0 atom stereocenters. The lowest BCUT2D eigenvalue weighted by Gasteiger charge is -2.13. The summed E-state index contributed by atoms with van der Waals surface area (Å²) in [4.78, 5) is 0. The number of hydrogen-bond donors (Lipinski definition) is 1. The zero-order chi connectivity index (χ0) is 13.7. The Balaban J connectivity index is 2.14. The quantitative estimate of drug-likeness (QED) is 0.835. The number of benzene rings is 2. The summed E-state index contributed by atoms with van der Waals surface area (Å²) < 4.78 is 11.2. The first-order chi connectivity index (χ1) is 9.24. The van der Waals surface area contributed by atoms with Gasteiger partial charge in [-0.05, 0) is 30.2 Å². The molecule has 0 spiro atoms. The van der Waals surface area contributed by atoms with Gasteiger partial charge in [0.1, 0.15) is 18.1 Å². The Bertz CT molecular complexity index is 552. The van der Waals surface area contributed by atoms with E-state index in [-0.39, 0.29) is 0 Å². The third-order valence-electron chi connectivity index (χ3n) is 3.05. The van der Waals surface area contributed by atoms with Crippen LogP contribution >= 0.6 is 0 Å². The van der Waals surface area contributed by atoms with E-state index >= 15 is 0 Å². The Hall–Kier alpha value is -2.16. The molecule has 0 heterocycles. The smallest absolute Gasteiger partial charge is 0.127 e. The van der Waals surface area contributed by atoms with E-state index in [1.165, 1.54) is 5.56 Å². The van der Waals surface area contributed by atoms with E-state index in [9.17, 15) is 0 Å². The van der Waals surface area contributed by atoms with Gasteiger partial charge in [0.15, 0.2) is 0 Å². The van der Waals surface area contributed by atoms with Gasteiger partial charge in [-0.1, -0.05) is 25.1 Å². The lowest BCUT2D eigenvalue weighted by Crippen LogP contribution is -2.01. The molecule has 0 aliphatic heterocycles. The molecule has 0 fully saturated rings. The maximum Gasteiger partial charge on any atom is 0.127 e. The SMILES string of the molecule is CCc1ccccc1OCc1ccc(N)cc1OC. The second-order valence-electron chi connectivity index (χ2n) is 4.32. The highest BCUT2D eigenvalue weighted by Crippen LogP contribution is 2.25. The molecule has 0 amide bonds. The molecular weight excluding hydrogens is 238 g/mol. The van der Waals surface area contributed by atoms with E-state index in [2.05, 4.69) is 13.0 Å². The Morgan fingerprint density at radius 1 is 1.00 bits per heavy atom. The topological polar surface area (TPSA) is 44.5 Å². The van der Waals surface area contributed by atoms with E-state index < -0.39 is 0 Å². The fourth-order valence-corrected chi connectivity index (χ4v) is 1.97. The highest BCUT2D eigenvalue weighted by Gasteiger charge is 2.06. The van der Waals surface area contributed by atoms with E-state index in [1.807, 2.05) is 36.4 Å². The van der Waals surface area contributed by atoms with Crippen LogP contribution in [0.2, 0.25) is 0 Å². The monoisotopic (exact) mass is 257 g/mol. The molecule has 19 heavy (non-hydrogen) atoms. The van der Waals surface area contributed by atoms with Gasteiger partial charge >= 0.3 is 0 Å². The van der Waals surface area contributed by atoms with Gasteiger partial charge in [-0.3, -0.25) is 0 Å². The zero-order valence-electron chi connectivity index (χ0n) is 11.3. The summed E-state index contributed by atoms with van der Waals surface area (Å²) in [5, 5.41) is 0. The molecule has 0 unspecified atom stereocenters. The number of hydrogen-bond acceptors (Lipinski definition) is 3. The van der Waals surface area contributed by atoms with Crippen LogP contribution < -0.4 is 15.2 Å². The standard InChI is InChI=1S/C16H19NO2/c1-3-12-6-4-5-7-15(12)19-11-13-8-9-14(17)10-16(13)18-2/h4-10H,3,11,17H2,1-2H3. The van der Waals surface area contributed by atoms with Crippen molar-refractivity contribution in [2.45, 2.75) is 20.0 Å². The van der Waals surface area contributed by atoms with Gasteiger partial charge in [-0.25, -0.2) is 0 Å². The van der Waals surface area contributed by atoms with Crippen molar-refractivity contribution in [3.05, 3.63) is 53.6 Å². The van der Waals surface area contributed by atoms with E-state index in [1.54, 1.807) is 7.11 Å². The molecule has 0 bridgehead atoms. The highest BCUT2D eigenvalue weighted by atomic mass is 16.5. The molecule has 100 valence electrons. The summed E-state index contributed by atoms with van der Waals surface area (Å²) in [5.41, 5.74) is 8.62. The Labute approximate surface area is 114 Å². The first-order valence-corrected chi connectivity index (χ1v) is 6.37. The molecule has 2 aromatic rings. The average Bonchev–Trinajstić information content (AvgIpc) is 2.46. The summed E-state index contributed by atoms with van der Waals surface area (Å²) in [6.45, 7) is 2.59. The van der Waals surface area contributed by atoms with Crippen molar-refractivity contribution in [3.8, 4) is 11.5 Å². The summed E-state index contributed by atoms with van der Waals surface area (Å²) in [5.74, 6) is 1.68. The van der Waals surface area contributed by atoms with Crippen LogP contribution in [0, 0.1) is 0 Å². The summed E-state index contributed by atoms with van der Waals surface area (Å²) in [6, 6.07) is 13.7. The Morgan fingerprint density at radius 3 is 2.53 bits per heavy atom. The highest BCUT2D eigenvalue weighted by molar-refractivity contribution is 5.48. The van der Waals surface area contributed by atoms with Crippen molar-refractivity contribution in [1.29, 1.82) is 0 Å². The molecule has 2 aromatic carbocycles. The average molecular weight is 257 g/mol. The van der Waals surface area contributed by atoms with E-state index in [4.69, 9.17) is 15.2 Å². The van der Waals surface area contributed by atoms with Crippen LogP contribution in [0.4, 0.5) is 5.69 Å². The van der Waals surface area contributed by atoms with Gasteiger partial charge < -0.3 is 15.2 Å². The molecule has 0 aliphatic carbocycles. The summed E-state index contributed by atoms with van der Waals surface area (Å²) >= 11 is 0. The van der Waals surface area contributed by atoms with Crippen molar-refractivity contribution >= 4 is 5.69 Å². The summed E-state index contributed by atoms with van der Waals surface area (Å²) in [7, 11) is 1.64. The number of nitrogen functional groups attached to an aromatic ring is 1. The Morgan fingerprint density at radius 2 is 1.79 bits per heavy atom. The number of aryl methyl sites for hydroxylation is 1. The fourth-order valence-electron chi connectivity index (χ4n) is 1.97. The number of anilines is 1. The zero-order valence-corrected chi connectivity index (χ0v) is 11.3. The van der Waals surface area contributed by atoms with Crippen LogP contribution in [-0.2, 0) is 13.0 Å². The molecule has 3 heteroatoms. The van der Waals surface area contributed by atoms with Crippen molar-refractivity contribution < 1.29 is 9.47 Å². The van der Waals surface area contributed by atoms with Crippen molar-refractivity contribution in [1.82, 2.24) is 0 Å². The van der Waals surface area contributed by atoms with Gasteiger partial charge in [0.2, 0.25) is 0 Å². The maximum atomic E-state index is 5.88. The lowest BCUT2D eigenvalue weighted by molar-refractivity contribution is 0.294. The molecule has 0 saturated carbocycles. The number of para-hydroxylation sites is 1. The molecule has 0 saturated heterocycles. The van der Waals surface area contributed by atoms with Crippen LogP contribution in [-0.4, -0.2) is 7.11 Å². The summed E-state index contributed by atoms with van der Waals surface area (Å²) in [6.07, 6.45) is 0.953. The van der Waals surface area contributed by atoms with E-state index in [0.29, 0.717) is 12.3 Å². The van der Waals surface area contributed by atoms with Crippen LogP contribution in [0.15, 0.2) is 42.5 Å². The molecule has 2 N–H and O–H groups in total. The second-order valence-corrected chi connectivity index (χ2v) is 4.32. The second kappa shape index (κ2) is 6.14. The van der Waals surface area contributed by atoms with Crippen molar-refractivity contribution in [2.75, 3.05) is 12.8 Å². The predicted octanol–water partition coefficient (Wildman–Crippen LogP) is 3.42. The van der Waals surface area contributed by atoms with Gasteiger partial charge in [-0.2, -0.15) is 0 Å². The Kier molecular flexibility index (Phi) is 4.29. The molecule has 0 aliphatic rings. The first-order valence-electron chi connectivity index (χ1n) is 6.37. The van der Waals surface area contributed by atoms with Gasteiger partial charge in [-0.15, -0.1) is 0 Å². The number of nitrogens with two attached hydrogens (primary N) is 1. The van der Waals surface area contributed by atoms with Crippen LogP contribution in [0.3, 0.4) is 0 Å². The normalized spacial score (nSPS) is 10.2. The largest absolute Gasteiger partial charge is 0.496 e.